The number of carbonyl (C=O) groups is 2. The van der Waals surface area contributed by atoms with Gasteiger partial charge in [0.15, 0.2) is 0 Å². The molecule has 94 valence electrons. The predicted molar refractivity (Wildman–Crippen MR) is 69.6 cm³/mol. The van der Waals surface area contributed by atoms with Crippen LogP contribution >= 0.6 is 0 Å². The second-order valence-electron chi connectivity index (χ2n) is 4.29. The lowest BCUT2D eigenvalue weighted by Crippen LogP contribution is -2.30. The Balaban J connectivity index is 2.64. The van der Waals surface area contributed by atoms with Crippen LogP contribution in [0.25, 0.3) is 0 Å². The highest BCUT2D eigenvalue weighted by molar-refractivity contribution is 7.90. The van der Waals surface area contributed by atoms with Crippen LogP contribution in [0.2, 0.25) is 0 Å². The van der Waals surface area contributed by atoms with Gasteiger partial charge < -0.3 is 5.73 Å². The summed E-state index contributed by atoms with van der Waals surface area (Å²) in [6.07, 6.45) is 0. The Kier molecular flexibility index (Phi) is 3.17. The van der Waals surface area contributed by atoms with Crippen LogP contribution < -0.4 is 5.73 Å². The summed E-state index contributed by atoms with van der Waals surface area (Å²) >= 11 is 0. The van der Waals surface area contributed by atoms with Crippen LogP contribution in [-0.2, 0) is 10.8 Å². The molecule has 0 amide bonds. The summed E-state index contributed by atoms with van der Waals surface area (Å²) in [5.74, 6) is -0.830. The van der Waals surface area contributed by atoms with Crippen molar-refractivity contribution in [3.8, 4) is 0 Å². The number of allylic oxidation sites excluding steroid dienone is 2. The molecule has 0 bridgehead atoms. The molecule has 1 unspecified atom stereocenters. The molecule has 0 saturated heterocycles. The third-order valence-corrected chi connectivity index (χ3v) is 4.41. The van der Waals surface area contributed by atoms with Crippen molar-refractivity contribution in [2.75, 3.05) is 0 Å². The Morgan fingerprint density at radius 1 is 1.06 bits per heavy atom. The Morgan fingerprint density at radius 3 is 2.06 bits per heavy atom. The van der Waals surface area contributed by atoms with E-state index in [0.717, 1.165) is 0 Å². The van der Waals surface area contributed by atoms with Gasteiger partial charge in [0, 0.05) is 16.4 Å². The highest BCUT2D eigenvalue weighted by Crippen LogP contribution is 2.27. The zero-order valence-electron chi connectivity index (χ0n) is 10.1. The first-order valence-corrected chi connectivity index (χ1v) is 6.75. The number of hydrogen-bond donors (Lipinski definition) is 1. The van der Waals surface area contributed by atoms with Gasteiger partial charge in [-0.1, -0.05) is 38.1 Å². The molecule has 2 rings (SSSR count). The van der Waals surface area contributed by atoms with E-state index in [-0.39, 0.29) is 27.0 Å². The van der Waals surface area contributed by atoms with Gasteiger partial charge in [0.25, 0.3) is 0 Å². The predicted octanol–water partition coefficient (Wildman–Crippen LogP) is 1.39. The van der Waals surface area contributed by atoms with Crippen molar-refractivity contribution in [3.63, 3.8) is 0 Å². The smallest absolute Gasteiger partial charge is 0.210 e. The first-order chi connectivity index (χ1) is 8.45. The second-order valence-corrected chi connectivity index (χ2v) is 6.24. The van der Waals surface area contributed by atoms with Crippen molar-refractivity contribution < 1.29 is 13.8 Å². The van der Waals surface area contributed by atoms with E-state index in [2.05, 4.69) is 0 Å². The number of benzene rings is 1. The molecule has 1 aliphatic rings. The Hall–Kier alpha value is -1.75. The molecule has 18 heavy (non-hydrogen) atoms. The van der Waals surface area contributed by atoms with Crippen LogP contribution in [0.1, 0.15) is 34.6 Å². The molecule has 1 aliphatic carbocycles. The molecule has 0 spiro atoms. The normalized spacial score (nSPS) is 17.1. The van der Waals surface area contributed by atoms with E-state index < -0.39 is 22.4 Å². The maximum Gasteiger partial charge on any atom is 0.210 e. The van der Waals surface area contributed by atoms with Gasteiger partial charge in [0.05, 0.1) is 10.8 Å². The van der Waals surface area contributed by atoms with E-state index in [0.29, 0.717) is 0 Å². The number of Topliss-reactive ketones (excluding diaryl/α,β-unsaturated/α-hetero) is 2. The minimum absolute atomic E-state index is 0.0614. The highest BCUT2D eigenvalue weighted by atomic mass is 32.2. The van der Waals surface area contributed by atoms with Crippen LogP contribution in [0.4, 0.5) is 0 Å². The lowest BCUT2D eigenvalue weighted by Gasteiger charge is -2.19. The first-order valence-electron chi connectivity index (χ1n) is 5.54. The number of ketones is 2. The molecule has 0 aromatic heterocycles. The fourth-order valence-electron chi connectivity index (χ4n) is 1.81. The Labute approximate surface area is 107 Å². The zero-order chi connectivity index (χ0) is 13.4. The van der Waals surface area contributed by atoms with E-state index in [1.54, 1.807) is 38.1 Å². The van der Waals surface area contributed by atoms with Crippen molar-refractivity contribution in [1.29, 1.82) is 0 Å². The quantitative estimate of drug-likeness (QED) is 0.874. The van der Waals surface area contributed by atoms with E-state index >= 15 is 0 Å². The summed E-state index contributed by atoms with van der Waals surface area (Å²) in [5, 5.41) is -0.263. The summed E-state index contributed by atoms with van der Waals surface area (Å²) in [7, 11) is -1.56. The van der Waals surface area contributed by atoms with Gasteiger partial charge in [-0.2, -0.15) is 0 Å². The Morgan fingerprint density at radius 2 is 1.56 bits per heavy atom. The third-order valence-electron chi connectivity index (χ3n) is 2.74. The summed E-state index contributed by atoms with van der Waals surface area (Å²) in [6, 6.07) is 6.44. The largest absolute Gasteiger partial charge is 0.394 e. The minimum atomic E-state index is -1.56. The van der Waals surface area contributed by atoms with Crippen molar-refractivity contribution in [3.05, 3.63) is 46.0 Å². The molecule has 0 fully saturated rings. The van der Waals surface area contributed by atoms with E-state index in [9.17, 15) is 13.8 Å². The Bertz CT molecular complexity index is 602. The van der Waals surface area contributed by atoms with Gasteiger partial charge in [-0.15, -0.1) is 0 Å². The van der Waals surface area contributed by atoms with Crippen molar-refractivity contribution in [2.45, 2.75) is 19.1 Å². The molecular weight excluding hydrogens is 250 g/mol. The molecule has 0 saturated carbocycles. The highest BCUT2D eigenvalue weighted by Gasteiger charge is 2.34. The van der Waals surface area contributed by atoms with E-state index in [1.165, 1.54) is 0 Å². The third kappa shape index (κ3) is 1.80. The van der Waals surface area contributed by atoms with Crippen molar-refractivity contribution >= 4 is 22.4 Å². The van der Waals surface area contributed by atoms with Crippen LogP contribution in [0.3, 0.4) is 0 Å². The summed E-state index contributed by atoms with van der Waals surface area (Å²) in [4.78, 5) is 24.2. The number of rotatable bonds is 2. The van der Waals surface area contributed by atoms with Gasteiger partial charge in [-0.25, -0.2) is 0 Å². The molecule has 0 aliphatic heterocycles. The molecule has 1 aromatic carbocycles. The van der Waals surface area contributed by atoms with Gasteiger partial charge in [-0.05, 0) is 0 Å². The lowest BCUT2D eigenvalue weighted by atomic mass is 9.93. The fourth-order valence-corrected chi connectivity index (χ4v) is 2.88. The van der Waals surface area contributed by atoms with Crippen LogP contribution in [0, 0.1) is 0 Å². The molecule has 5 heteroatoms. The molecule has 0 heterocycles. The van der Waals surface area contributed by atoms with Crippen LogP contribution in [-0.4, -0.2) is 21.0 Å². The maximum atomic E-state index is 12.2. The van der Waals surface area contributed by atoms with E-state index in [1.807, 2.05) is 0 Å². The summed E-state index contributed by atoms with van der Waals surface area (Å²) in [5.41, 5.74) is 6.05. The van der Waals surface area contributed by atoms with Crippen molar-refractivity contribution in [2.24, 2.45) is 5.73 Å². The van der Waals surface area contributed by atoms with Gasteiger partial charge in [-0.3, -0.25) is 13.8 Å². The van der Waals surface area contributed by atoms with E-state index in [4.69, 9.17) is 5.73 Å². The first kappa shape index (κ1) is 12.7. The van der Waals surface area contributed by atoms with Crippen LogP contribution in [0.5, 0.6) is 0 Å². The molecule has 0 radical (unpaired) electrons. The van der Waals surface area contributed by atoms with Crippen LogP contribution in [0.15, 0.2) is 34.9 Å². The van der Waals surface area contributed by atoms with Crippen molar-refractivity contribution in [1.82, 2.24) is 0 Å². The zero-order valence-corrected chi connectivity index (χ0v) is 10.9. The summed E-state index contributed by atoms with van der Waals surface area (Å²) < 4.78 is 12.1. The number of fused-ring (bicyclic) bond motifs is 1. The standard InChI is InChI=1S/C13H13NO3S/c1-7(2)18(17)13-10(14)11(15)8-5-3-4-6-9(8)12(13)16/h3-7H,14H2,1-2H3. The SMILES string of the molecule is CC(C)S(=O)C1=C(N)C(=O)c2ccccc2C1=O. The number of nitrogens with two attached hydrogens (primary N) is 1. The molecule has 4 nitrogen and oxygen atoms in total. The lowest BCUT2D eigenvalue weighted by molar-refractivity contribution is 0.0980. The molecule has 2 N–H and O–H groups in total. The molecule has 1 aromatic rings. The fraction of sp³-hybridized carbons (Fsp3) is 0.231. The second kappa shape index (κ2) is 4.49. The van der Waals surface area contributed by atoms with Gasteiger partial charge >= 0.3 is 0 Å². The topological polar surface area (TPSA) is 77.2 Å². The van der Waals surface area contributed by atoms with Gasteiger partial charge in [0.1, 0.15) is 10.6 Å². The monoisotopic (exact) mass is 263 g/mol. The molecular formula is C13H13NO3S. The number of carbonyl (C=O) groups excluding carboxylic acids is 2. The average molecular weight is 263 g/mol. The minimum Gasteiger partial charge on any atom is -0.394 e. The number of hydrogen-bond acceptors (Lipinski definition) is 4. The maximum absolute atomic E-state index is 12.2. The average Bonchev–Trinajstić information content (AvgIpc) is 2.36. The van der Waals surface area contributed by atoms with Gasteiger partial charge in [0.2, 0.25) is 11.6 Å². The summed E-state index contributed by atoms with van der Waals surface area (Å²) in [6.45, 7) is 3.43. The molecule has 1 atom stereocenters.